The molecule has 2 saturated heterocycles. The molecule has 0 bridgehead atoms. The van der Waals surface area contributed by atoms with Crippen molar-refractivity contribution in [2.24, 2.45) is 0 Å². The maximum atomic E-state index is 13.8. The van der Waals surface area contributed by atoms with Gasteiger partial charge in [0.15, 0.2) is 0 Å². The molecule has 1 N–H and O–H groups in total. The number of ether oxygens (including phenoxy) is 1. The van der Waals surface area contributed by atoms with E-state index >= 15 is 0 Å². The molecule has 2 aliphatic heterocycles. The molecule has 0 atom stereocenters. The quantitative estimate of drug-likeness (QED) is 0.525. The number of unbranched alkanes of at least 4 members (excludes halogenated alkanes) is 1. The van der Waals surface area contributed by atoms with E-state index in [4.69, 9.17) is 4.74 Å². The number of para-hydroxylation sites is 1. The van der Waals surface area contributed by atoms with Crippen LogP contribution in [0.4, 0.5) is 5.69 Å². The Morgan fingerprint density at radius 1 is 1.03 bits per heavy atom. The summed E-state index contributed by atoms with van der Waals surface area (Å²) in [5, 5.41) is 2.88. The Kier molecular flexibility index (Phi) is 8.36. The van der Waals surface area contributed by atoms with Gasteiger partial charge in [-0.1, -0.05) is 31.5 Å². The first-order valence-electron chi connectivity index (χ1n) is 13.3. The summed E-state index contributed by atoms with van der Waals surface area (Å²) in [6, 6.07) is 17.1. The van der Waals surface area contributed by atoms with Crippen LogP contribution in [0.2, 0.25) is 0 Å². The van der Waals surface area contributed by atoms with Gasteiger partial charge in [0.05, 0.1) is 13.3 Å². The topological polar surface area (TPSA) is 82.2 Å². The van der Waals surface area contributed by atoms with E-state index in [1.54, 1.807) is 17.0 Å². The molecule has 1 spiro atoms. The molecule has 0 unspecified atom stereocenters. The summed E-state index contributed by atoms with van der Waals surface area (Å²) >= 11 is 0. The molecule has 0 aliphatic carbocycles. The highest BCUT2D eigenvalue weighted by atomic mass is 16.5. The Morgan fingerprint density at radius 2 is 1.70 bits per heavy atom. The van der Waals surface area contributed by atoms with Crippen molar-refractivity contribution in [1.82, 2.24) is 15.1 Å². The van der Waals surface area contributed by atoms with Crippen LogP contribution in [-0.4, -0.2) is 72.0 Å². The van der Waals surface area contributed by atoms with Crippen LogP contribution in [0.1, 0.15) is 56.8 Å². The number of anilines is 1. The fraction of sp³-hybridized carbons (Fsp3) is 0.483. The SMILES string of the molecule is CCCCOc1ccc(C(=O)N2CCC3(CC2)C(=O)N(CC(=O)NC(C)C)CN3c2ccccc2)cc1. The van der Waals surface area contributed by atoms with Crippen molar-refractivity contribution in [3.63, 3.8) is 0 Å². The third kappa shape index (κ3) is 5.89. The monoisotopic (exact) mass is 506 g/mol. The Bertz CT molecular complexity index is 1080. The van der Waals surface area contributed by atoms with Crippen LogP contribution in [0.15, 0.2) is 54.6 Å². The third-order valence-electron chi connectivity index (χ3n) is 7.11. The molecule has 0 saturated carbocycles. The second kappa shape index (κ2) is 11.7. The van der Waals surface area contributed by atoms with Crippen LogP contribution in [-0.2, 0) is 9.59 Å². The maximum Gasteiger partial charge on any atom is 0.253 e. The number of carbonyl (C=O) groups is 3. The average molecular weight is 507 g/mol. The summed E-state index contributed by atoms with van der Waals surface area (Å²) in [5.74, 6) is 0.512. The second-order valence-electron chi connectivity index (χ2n) is 10.2. The molecule has 8 nitrogen and oxygen atoms in total. The van der Waals surface area contributed by atoms with Crippen LogP contribution in [0, 0.1) is 0 Å². The minimum atomic E-state index is -0.771. The Balaban J connectivity index is 1.46. The molecule has 2 aromatic rings. The predicted molar refractivity (Wildman–Crippen MR) is 143 cm³/mol. The van der Waals surface area contributed by atoms with Crippen LogP contribution in [0.5, 0.6) is 5.75 Å². The predicted octanol–water partition coefficient (Wildman–Crippen LogP) is 3.67. The van der Waals surface area contributed by atoms with Gasteiger partial charge in [0.2, 0.25) is 5.91 Å². The number of nitrogens with zero attached hydrogens (tertiary/aromatic N) is 3. The molecule has 2 aliphatic rings. The molecule has 4 rings (SSSR count). The van der Waals surface area contributed by atoms with E-state index < -0.39 is 5.54 Å². The lowest BCUT2D eigenvalue weighted by atomic mass is 9.85. The first-order valence-corrected chi connectivity index (χ1v) is 13.3. The highest BCUT2D eigenvalue weighted by Gasteiger charge is 2.54. The number of likely N-dealkylation sites (tertiary alicyclic amines) is 1. The number of piperidine rings is 1. The molecule has 2 aromatic carbocycles. The van der Waals surface area contributed by atoms with E-state index in [0.29, 0.717) is 44.8 Å². The van der Waals surface area contributed by atoms with Gasteiger partial charge in [-0.15, -0.1) is 0 Å². The van der Waals surface area contributed by atoms with Crippen LogP contribution in [0.25, 0.3) is 0 Å². The zero-order chi connectivity index (χ0) is 26.4. The number of amides is 3. The standard InChI is InChI=1S/C29H38N4O4/c1-4-5-19-37-25-13-11-23(12-14-25)27(35)31-17-15-29(16-18-31)28(36)32(20-26(34)30-22(2)3)21-33(29)24-9-7-6-8-10-24/h6-14,22H,4-5,15-21H2,1-3H3,(H,30,34). The first-order chi connectivity index (χ1) is 17.8. The lowest BCUT2D eigenvalue weighted by Gasteiger charge is -2.43. The van der Waals surface area contributed by atoms with Crippen molar-refractivity contribution >= 4 is 23.4 Å². The van der Waals surface area contributed by atoms with E-state index in [1.165, 1.54) is 0 Å². The smallest absolute Gasteiger partial charge is 0.253 e. The molecular weight excluding hydrogens is 468 g/mol. The number of carbonyl (C=O) groups excluding carboxylic acids is 3. The molecule has 0 radical (unpaired) electrons. The van der Waals surface area contributed by atoms with Gasteiger partial charge < -0.3 is 24.8 Å². The summed E-state index contributed by atoms with van der Waals surface area (Å²) < 4.78 is 5.71. The third-order valence-corrected chi connectivity index (χ3v) is 7.11. The molecule has 2 heterocycles. The van der Waals surface area contributed by atoms with Crippen molar-refractivity contribution in [3.05, 3.63) is 60.2 Å². The first kappa shape index (κ1) is 26.5. The van der Waals surface area contributed by atoms with E-state index in [2.05, 4.69) is 17.1 Å². The van der Waals surface area contributed by atoms with Crippen molar-refractivity contribution in [1.29, 1.82) is 0 Å². The Hall–Kier alpha value is -3.55. The molecule has 3 amide bonds. The highest BCUT2D eigenvalue weighted by Crippen LogP contribution is 2.39. The van der Waals surface area contributed by atoms with Crippen molar-refractivity contribution < 1.29 is 19.1 Å². The minimum Gasteiger partial charge on any atom is -0.494 e. The van der Waals surface area contributed by atoms with Gasteiger partial charge in [0.25, 0.3) is 11.8 Å². The molecular formula is C29H38N4O4. The van der Waals surface area contributed by atoms with Gasteiger partial charge in [-0.05, 0) is 69.5 Å². The lowest BCUT2D eigenvalue weighted by Crippen LogP contribution is -2.57. The van der Waals surface area contributed by atoms with Crippen LogP contribution >= 0.6 is 0 Å². The molecule has 8 heteroatoms. The van der Waals surface area contributed by atoms with Gasteiger partial charge in [-0.2, -0.15) is 0 Å². The minimum absolute atomic E-state index is 0.00983. The van der Waals surface area contributed by atoms with Gasteiger partial charge in [-0.3, -0.25) is 14.4 Å². The number of rotatable bonds is 9. The van der Waals surface area contributed by atoms with Crippen LogP contribution in [0.3, 0.4) is 0 Å². The molecule has 0 aromatic heterocycles. The fourth-order valence-corrected chi connectivity index (χ4v) is 5.15. The number of benzene rings is 2. The number of nitrogens with one attached hydrogen (secondary N) is 1. The van der Waals surface area contributed by atoms with Crippen LogP contribution < -0.4 is 15.0 Å². The van der Waals surface area contributed by atoms with Gasteiger partial charge in [0.1, 0.15) is 17.8 Å². The molecule has 2 fully saturated rings. The summed E-state index contributed by atoms with van der Waals surface area (Å²) in [4.78, 5) is 45.1. The summed E-state index contributed by atoms with van der Waals surface area (Å²) in [5.41, 5.74) is 0.789. The zero-order valence-corrected chi connectivity index (χ0v) is 22.1. The fourth-order valence-electron chi connectivity index (χ4n) is 5.15. The lowest BCUT2D eigenvalue weighted by molar-refractivity contribution is -0.137. The Morgan fingerprint density at radius 3 is 2.32 bits per heavy atom. The summed E-state index contributed by atoms with van der Waals surface area (Å²) in [6.07, 6.45) is 3.08. The van der Waals surface area contributed by atoms with E-state index in [0.717, 1.165) is 24.3 Å². The van der Waals surface area contributed by atoms with E-state index in [9.17, 15) is 14.4 Å². The molecule has 198 valence electrons. The van der Waals surface area contributed by atoms with Crippen molar-refractivity contribution in [3.8, 4) is 5.75 Å². The van der Waals surface area contributed by atoms with Gasteiger partial charge >= 0.3 is 0 Å². The maximum absolute atomic E-state index is 13.8. The second-order valence-corrected chi connectivity index (χ2v) is 10.2. The van der Waals surface area contributed by atoms with Gasteiger partial charge in [0, 0.05) is 30.4 Å². The van der Waals surface area contributed by atoms with Crippen molar-refractivity contribution in [2.75, 3.05) is 37.8 Å². The zero-order valence-electron chi connectivity index (χ0n) is 22.1. The average Bonchev–Trinajstić information content (AvgIpc) is 3.15. The Labute approximate surface area is 219 Å². The van der Waals surface area contributed by atoms with Gasteiger partial charge in [-0.25, -0.2) is 0 Å². The van der Waals surface area contributed by atoms with E-state index in [1.807, 2.05) is 61.2 Å². The number of hydrogen-bond donors (Lipinski definition) is 1. The highest BCUT2D eigenvalue weighted by molar-refractivity contribution is 5.97. The van der Waals surface area contributed by atoms with E-state index in [-0.39, 0.29) is 30.3 Å². The molecule has 37 heavy (non-hydrogen) atoms. The number of hydrogen-bond acceptors (Lipinski definition) is 5. The summed E-state index contributed by atoms with van der Waals surface area (Å²) in [6.45, 7) is 7.90. The summed E-state index contributed by atoms with van der Waals surface area (Å²) in [7, 11) is 0. The normalized spacial score (nSPS) is 17.0. The van der Waals surface area contributed by atoms with Crippen molar-refractivity contribution in [2.45, 2.75) is 58.0 Å². The largest absolute Gasteiger partial charge is 0.494 e.